The van der Waals surface area contributed by atoms with Gasteiger partial charge in [0.2, 0.25) is 5.91 Å². The molecular weight excluding hydrogens is 417 g/mol. The van der Waals surface area contributed by atoms with Gasteiger partial charge in [-0.3, -0.25) is 29.4 Å². The number of ether oxygens (including phenoxy) is 1. The molecule has 1 saturated heterocycles. The highest BCUT2D eigenvalue weighted by atomic mass is 19.1. The standard InChI is InChI=1S/C19H22FN3O8/c20-10-16(24)14(9-17(25)26)21-18(27)15-6-1-2-7-22(15)19(28)31-11-12-4-3-5-13(8-12)23(29)30/h3-5,8,14-15H,1-2,6-7,9-11H2,(H,21,27)(H,25,26). The lowest BCUT2D eigenvalue weighted by molar-refractivity contribution is -0.384. The summed E-state index contributed by atoms with van der Waals surface area (Å²) in [7, 11) is 0. The van der Waals surface area contributed by atoms with E-state index in [2.05, 4.69) is 5.32 Å². The molecule has 11 nitrogen and oxygen atoms in total. The highest BCUT2D eigenvalue weighted by Gasteiger charge is 2.35. The molecule has 0 radical (unpaired) electrons. The number of alkyl halides is 1. The van der Waals surface area contributed by atoms with E-state index in [1.165, 1.54) is 18.2 Å². The summed E-state index contributed by atoms with van der Waals surface area (Å²) in [4.78, 5) is 59.1. The van der Waals surface area contributed by atoms with E-state index in [-0.39, 0.29) is 25.3 Å². The van der Waals surface area contributed by atoms with Gasteiger partial charge in [-0.15, -0.1) is 0 Å². The van der Waals surface area contributed by atoms with Gasteiger partial charge in [0.1, 0.15) is 25.4 Å². The van der Waals surface area contributed by atoms with Crippen LogP contribution < -0.4 is 5.32 Å². The van der Waals surface area contributed by atoms with E-state index in [0.29, 0.717) is 18.4 Å². The van der Waals surface area contributed by atoms with Gasteiger partial charge in [-0.2, -0.15) is 0 Å². The molecule has 0 bridgehead atoms. The summed E-state index contributed by atoms with van der Waals surface area (Å²) in [5.74, 6) is -3.24. The van der Waals surface area contributed by atoms with E-state index >= 15 is 0 Å². The monoisotopic (exact) mass is 439 g/mol. The number of non-ortho nitro benzene ring substituents is 1. The van der Waals surface area contributed by atoms with Crippen LogP contribution in [0.5, 0.6) is 0 Å². The Morgan fingerprint density at radius 1 is 1.32 bits per heavy atom. The van der Waals surface area contributed by atoms with Crippen molar-refractivity contribution in [2.75, 3.05) is 13.2 Å². The number of rotatable bonds is 9. The number of carboxylic acid groups (broad SMARTS) is 1. The molecule has 2 unspecified atom stereocenters. The summed E-state index contributed by atoms with van der Waals surface area (Å²) in [6.45, 7) is -1.50. The Labute approximate surface area is 176 Å². The van der Waals surface area contributed by atoms with Crippen molar-refractivity contribution in [1.82, 2.24) is 10.2 Å². The number of likely N-dealkylation sites (tertiary alicyclic amines) is 1. The van der Waals surface area contributed by atoms with E-state index in [0.717, 1.165) is 4.90 Å². The van der Waals surface area contributed by atoms with Crippen LogP contribution >= 0.6 is 0 Å². The smallest absolute Gasteiger partial charge is 0.410 e. The van der Waals surface area contributed by atoms with Crippen molar-refractivity contribution >= 4 is 29.4 Å². The largest absolute Gasteiger partial charge is 0.481 e. The van der Waals surface area contributed by atoms with Crippen LogP contribution in [0.2, 0.25) is 0 Å². The lowest BCUT2D eigenvalue weighted by Gasteiger charge is -2.34. The maximum absolute atomic E-state index is 12.7. The second-order valence-electron chi connectivity index (χ2n) is 6.95. The molecule has 31 heavy (non-hydrogen) atoms. The van der Waals surface area contributed by atoms with Crippen molar-refractivity contribution in [2.24, 2.45) is 0 Å². The molecule has 0 saturated carbocycles. The number of nitro groups is 1. The zero-order valence-electron chi connectivity index (χ0n) is 16.5. The van der Waals surface area contributed by atoms with E-state index in [4.69, 9.17) is 9.84 Å². The highest BCUT2D eigenvalue weighted by Crippen LogP contribution is 2.20. The van der Waals surface area contributed by atoms with Crippen LogP contribution in [0.25, 0.3) is 0 Å². The minimum absolute atomic E-state index is 0.161. The van der Waals surface area contributed by atoms with Gasteiger partial charge in [0.25, 0.3) is 5.69 Å². The summed E-state index contributed by atoms with van der Waals surface area (Å²) in [6, 6.07) is 2.98. The summed E-state index contributed by atoms with van der Waals surface area (Å²) in [5, 5.41) is 21.9. The molecule has 1 fully saturated rings. The number of ketones is 1. The fourth-order valence-corrected chi connectivity index (χ4v) is 3.19. The van der Waals surface area contributed by atoms with E-state index in [1.54, 1.807) is 6.07 Å². The molecule has 0 aliphatic carbocycles. The normalized spacial score (nSPS) is 16.8. The number of Topliss-reactive ketones (excluding diaryl/α,β-unsaturated/α-hetero) is 1. The number of aliphatic carboxylic acids is 1. The number of carboxylic acids is 1. The van der Waals surface area contributed by atoms with E-state index < -0.39 is 53.9 Å². The highest BCUT2D eigenvalue weighted by molar-refractivity contribution is 5.94. The van der Waals surface area contributed by atoms with Gasteiger partial charge < -0.3 is 15.2 Å². The Balaban J connectivity index is 2.04. The fraction of sp³-hybridized carbons (Fsp3) is 0.474. The lowest BCUT2D eigenvalue weighted by atomic mass is 10.0. The zero-order valence-corrected chi connectivity index (χ0v) is 16.5. The number of benzene rings is 1. The van der Waals surface area contributed by atoms with Crippen molar-refractivity contribution in [3.63, 3.8) is 0 Å². The number of nitrogens with zero attached hydrogens (tertiary/aromatic N) is 2. The van der Waals surface area contributed by atoms with Gasteiger partial charge in [0, 0.05) is 18.7 Å². The molecule has 1 aliphatic rings. The summed E-state index contributed by atoms with van der Waals surface area (Å²) in [6.07, 6.45) is -0.164. The molecule has 1 aromatic rings. The first-order chi connectivity index (χ1) is 14.7. The predicted octanol–water partition coefficient (Wildman–Crippen LogP) is 1.58. The first-order valence-corrected chi connectivity index (χ1v) is 9.50. The van der Waals surface area contributed by atoms with Crippen molar-refractivity contribution in [3.8, 4) is 0 Å². The topological polar surface area (TPSA) is 156 Å². The van der Waals surface area contributed by atoms with Crippen LogP contribution in [0.3, 0.4) is 0 Å². The molecule has 2 atom stereocenters. The molecule has 0 aromatic heterocycles. The van der Waals surface area contributed by atoms with E-state index in [9.17, 15) is 33.7 Å². The number of carbonyl (C=O) groups excluding carboxylic acids is 3. The summed E-state index contributed by atoms with van der Waals surface area (Å²) < 4.78 is 17.9. The molecular formula is C19H22FN3O8. The first-order valence-electron chi connectivity index (χ1n) is 9.50. The van der Waals surface area contributed by atoms with Crippen molar-refractivity contribution in [3.05, 3.63) is 39.9 Å². The number of nitro benzene ring substituents is 1. The Hall–Kier alpha value is -3.57. The van der Waals surface area contributed by atoms with Crippen LogP contribution in [-0.2, 0) is 25.7 Å². The summed E-state index contributed by atoms with van der Waals surface area (Å²) >= 11 is 0. The molecule has 2 rings (SSSR count). The molecule has 1 heterocycles. The SMILES string of the molecule is O=C(O)CC(NC(=O)C1CCCCN1C(=O)OCc1cccc([N+](=O)[O-])c1)C(=O)CF. The third-order valence-corrected chi connectivity index (χ3v) is 4.74. The van der Waals surface area contributed by atoms with Gasteiger partial charge in [-0.05, 0) is 24.8 Å². The number of carbonyl (C=O) groups is 4. The molecule has 12 heteroatoms. The van der Waals surface area contributed by atoms with Crippen LogP contribution in [0.1, 0.15) is 31.2 Å². The minimum Gasteiger partial charge on any atom is -0.481 e. The van der Waals surface area contributed by atoms with Gasteiger partial charge in [-0.1, -0.05) is 12.1 Å². The molecule has 2 amide bonds. The number of halogens is 1. The second kappa shape index (κ2) is 11.0. The number of nitrogens with one attached hydrogen (secondary N) is 1. The lowest BCUT2D eigenvalue weighted by Crippen LogP contribution is -2.55. The minimum atomic E-state index is -1.54. The third kappa shape index (κ3) is 6.73. The van der Waals surface area contributed by atoms with Gasteiger partial charge in [-0.25, -0.2) is 9.18 Å². The molecule has 0 spiro atoms. The maximum Gasteiger partial charge on any atom is 0.410 e. The van der Waals surface area contributed by atoms with Crippen LogP contribution in [0.4, 0.5) is 14.9 Å². The molecule has 1 aliphatic heterocycles. The Bertz CT molecular complexity index is 862. The van der Waals surface area contributed by atoms with Gasteiger partial charge in [0.15, 0.2) is 5.78 Å². The van der Waals surface area contributed by atoms with Gasteiger partial charge in [0.05, 0.1) is 11.3 Å². The Morgan fingerprint density at radius 2 is 2.06 bits per heavy atom. The van der Waals surface area contributed by atoms with Crippen molar-refractivity contribution in [1.29, 1.82) is 0 Å². The number of hydrogen-bond acceptors (Lipinski definition) is 7. The molecule has 168 valence electrons. The number of amides is 2. The number of piperidine rings is 1. The average molecular weight is 439 g/mol. The maximum atomic E-state index is 12.7. The summed E-state index contributed by atoms with van der Waals surface area (Å²) in [5.41, 5.74) is 0.224. The van der Waals surface area contributed by atoms with Crippen LogP contribution in [-0.4, -0.2) is 64.0 Å². The first kappa shape index (κ1) is 23.7. The number of hydrogen-bond donors (Lipinski definition) is 2. The van der Waals surface area contributed by atoms with Crippen molar-refractivity contribution in [2.45, 2.75) is 44.4 Å². The van der Waals surface area contributed by atoms with Crippen molar-refractivity contribution < 1.29 is 38.3 Å². The zero-order chi connectivity index (χ0) is 23.0. The average Bonchev–Trinajstić information content (AvgIpc) is 2.76. The molecule has 1 aromatic carbocycles. The van der Waals surface area contributed by atoms with Crippen LogP contribution in [0.15, 0.2) is 24.3 Å². The molecule has 2 N–H and O–H groups in total. The second-order valence-corrected chi connectivity index (χ2v) is 6.95. The van der Waals surface area contributed by atoms with Crippen LogP contribution in [0, 0.1) is 10.1 Å². The van der Waals surface area contributed by atoms with E-state index in [1.807, 2.05) is 0 Å². The quantitative estimate of drug-likeness (QED) is 0.434. The third-order valence-electron chi connectivity index (χ3n) is 4.74. The Kier molecular flexibility index (Phi) is 8.41. The fourth-order valence-electron chi connectivity index (χ4n) is 3.19. The van der Waals surface area contributed by atoms with Gasteiger partial charge >= 0.3 is 12.1 Å². The Morgan fingerprint density at radius 3 is 2.71 bits per heavy atom. The predicted molar refractivity (Wildman–Crippen MR) is 103 cm³/mol.